The number of amides is 2. The number of rotatable bonds is 4. The fourth-order valence-electron chi connectivity index (χ4n) is 3.11. The average Bonchev–Trinajstić information content (AvgIpc) is 3.00. The molecule has 0 spiro atoms. The van der Waals surface area contributed by atoms with Crippen molar-refractivity contribution in [2.24, 2.45) is 5.84 Å². The van der Waals surface area contributed by atoms with Crippen LogP contribution in [0, 0.1) is 0 Å². The van der Waals surface area contributed by atoms with Gasteiger partial charge in [-0.15, -0.1) is 0 Å². The number of benzene rings is 2. The second-order valence-electron chi connectivity index (χ2n) is 5.90. The lowest BCUT2D eigenvalue weighted by molar-refractivity contribution is 0.243. The molecule has 7 nitrogen and oxygen atoms in total. The largest absolute Gasteiger partial charge is 0.347 e. The summed E-state index contributed by atoms with van der Waals surface area (Å²) < 4.78 is 2.25. The SMILES string of the molecule is NNC(=O)NNc1cc2c3ccccc3n(Cc3ccccc3)c2cn1. The summed E-state index contributed by atoms with van der Waals surface area (Å²) in [5.41, 5.74) is 10.5. The van der Waals surface area contributed by atoms with Gasteiger partial charge in [0, 0.05) is 22.8 Å². The average molecular weight is 346 g/mol. The molecule has 2 amide bonds. The molecule has 4 rings (SSSR count). The van der Waals surface area contributed by atoms with E-state index in [2.05, 4.69) is 44.7 Å². The van der Waals surface area contributed by atoms with E-state index in [1.165, 1.54) is 5.56 Å². The van der Waals surface area contributed by atoms with Crippen molar-refractivity contribution in [1.82, 2.24) is 20.4 Å². The van der Waals surface area contributed by atoms with Gasteiger partial charge in [-0.05, 0) is 17.7 Å². The number of hydrazine groups is 2. The summed E-state index contributed by atoms with van der Waals surface area (Å²) in [5.74, 6) is 5.58. The van der Waals surface area contributed by atoms with Crippen LogP contribution in [0.25, 0.3) is 21.8 Å². The minimum Gasteiger partial charge on any atom is -0.335 e. The zero-order valence-electron chi connectivity index (χ0n) is 13.9. The quantitative estimate of drug-likeness (QED) is 0.259. The summed E-state index contributed by atoms with van der Waals surface area (Å²) in [5, 5.41) is 2.19. The Hall–Kier alpha value is -3.58. The number of para-hydroxylation sites is 1. The minimum absolute atomic E-state index is 0.531. The first-order chi connectivity index (χ1) is 12.8. The maximum atomic E-state index is 11.2. The number of fused-ring (bicyclic) bond motifs is 3. The first-order valence-corrected chi connectivity index (χ1v) is 8.20. The van der Waals surface area contributed by atoms with Gasteiger partial charge in [-0.2, -0.15) is 0 Å². The molecule has 0 saturated heterocycles. The summed E-state index contributed by atoms with van der Waals surface area (Å²) in [6.45, 7) is 0.757. The maximum absolute atomic E-state index is 11.2. The van der Waals surface area contributed by atoms with Gasteiger partial charge in [0.1, 0.15) is 5.82 Å². The van der Waals surface area contributed by atoms with Crippen LogP contribution in [-0.2, 0) is 6.54 Å². The van der Waals surface area contributed by atoms with Crippen molar-refractivity contribution in [2.45, 2.75) is 6.54 Å². The van der Waals surface area contributed by atoms with E-state index in [0.29, 0.717) is 5.82 Å². The zero-order valence-corrected chi connectivity index (χ0v) is 13.9. The summed E-state index contributed by atoms with van der Waals surface area (Å²) in [6, 6.07) is 19.9. The molecule has 4 aromatic rings. The van der Waals surface area contributed by atoms with Crippen LogP contribution in [0.1, 0.15) is 5.56 Å². The van der Waals surface area contributed by atoms with Crippen LogP contribution in [0.15, 0.2) is 66.9 Å². The molecule has 0 aliphatic heterocycles. The maximum Gasteiger partial charge on any atom is 0.347 e. The van der Waals surface area contributed by atoms with Gasteiger partial charge in [-0.25, -0.2) is 21.0 Å². The molecular formula is C19H18N6O. The lowest BCUT2D eigenvalue weighted by Crippen LogP contribution is -2.42. The third kappa shape index (κ3) is 2.91. The Kier molecular flexibility index (Phi) is 4.12. The Morgan fingerprint density at radius 1 is 1.00 bits per heavy atom. The van der Waals surface area contributed by atoms with E-state index in [-0.39, 0.29) is 0 Å². The third-order valence-electron chi connectivity index (χ3n) is 4.28. The van der Waals surface area contributed by atoms with Crippen LogP contribution in [0.3, 0.4) is 0 Å². The van der Waals surface area contributed by atoms with Gasteiger partial charge in [0.15, 0.2) is 0 Å². The smallest absolute Gasteiger partial charge is 0.335 e. The number of nitrogens with zero attached hydrogens (tertiary/aromatic N) is 2. The van der Waals surface area contributed by atoms with Gasteiger partial charge in [0.2, 0.25) is 0 Å². The van der Waals surface area contributed by atoms with Crippen molar-refractivity contribution < 1.29 is 4.79 Å². The van der Waals surface area contributed by atoms with Crippen molar-refractivity contribution in [3.8, 4) is 0 Å². The Labute approximate surface area is 149 Å². The molecule has 130 valence electrons. The molecule has 7 heteroatoms. The van der Waals surface area contributed by atoms with Gasteiger partial charge in [-0.3, -0.25) is 10.9 Å². The number of pyridine rings is 1. The molecule has 0 unspecified atom stereocenters. The monoisotopic (exact) mass is 346 g/mol. The van der Waals surface area contributed by atoms with Gasteiger partial charge in [0.25, 0.3) is 0 Å². The van der Waals surface area contributed by atoms with E-state index >= 15 is 0 Å². The fraction of sp³-hybridized carbons (Fsp3) is 0.0526. The van der Waals surface area contributed by atoms with Crippen LogP contribution in [0.5, 0.6) is 0 Å². The van der Waals surface area contributed by atoms with E-state index in [9.17, 15) is 4.79 Å². The number of urea groups is 1. The molecule has 0 bridgehead atoms. The second kappa shape index (κ2) is 6.73. The number of hydrogen-bond acceptors (Lipinski definition) is 4. The summed E-state index contributed by atoms with van der Waals surface area (Å²) >= 11 is 0. The standard InChI is InChI=1S/C19H18N6O/c20-22-19(26)24-23-18-10-15-14-8-4-5-9-16(14)25(17(15)11-21-18)12-13-6-2-1-3-7-13/h1-11H,12,20H2,(H,21,23)(H2,22,24,26). The Morgan fingerprint density at radius 3 is 2.58 bits per heavy atom. The second-order valence-corrected chi connectivity index (χ2v) is 5.90. The van der Waals surface area contributed by atoms with Gasteiger partial charge < -0.3 is 4.57 Å². The number of carbonyl (C=O) groups excluding carboxylic acids is 1. The fourth-order valence-corrected chi connectivity index (χ4v) is 3.11. The summed E-state index contributed by atoms with van der Waals surface area (Å²) in [7, 11) is 0. The predicted octanol–water partition coefficient (Wildman–Crippen LogP) is 2.74. The molecule has 0 aliphatic rings. The molecule has 5 N–H and O–H groups in total. The Balaban J connectivity index is 1.79. The number of aromatic nitrogens is 2. The molecule has 0 fully saturated rings. The van der Waals surface area contributed by atoms with E-state index in [1.807, 2.05) is 48.0 Å². The molecule has 2 aromatic heterocycles. The molecule has 2 aromatic carbocycles. The Bertz CT molecular complexity index is 1070. The van der Waals surface area contributed by atoms with Crippen LogP contribution in [0.4, 0.5) is 10.6 Å². The number of hydrogen-bond donors (Lipinski definition) is 4. The first kappa shape index (κ1) is 15.9. The summed E-state index contributed by atoms with van der Waals surface area (Å²) in [4.78, 5) is 15.6. The zero-order chi connectivity index (χ0) is 17.9. The number of nitrogens with one attached hydrogen (secondary N) is 3. The highest BCUT2D eigenvalue weighted by molar-refractivity contribution is 6.08. The Morgan fingerprint density at radius 2 is 1.77 bits per heavy atom. The van der Waals surface area contributed by atoms with E-state index < -0.39 is 6.03 Å². The number of carbonyl (C=O) groups is 1. The van der Waals surface area contributed by atoms with Crippen molar-refractivity contribution in [3.63, 3.8) is 0 Å². The highest BCUT2D eigenvalue weighted by atomic mass is 16.2. The van der Waals surface area contributed by atoms with Crippen LogP contribution in [0.2, 0.25) is 0 Å². The van der Waals surface area contributed by atoms with Gasteiger partial charge in [-0.1, -0.05) is 48.5 Å². The molecule has 2 heterocycles. The molecule has 26 heavy (non-hydrogen) atoms. The normalized spacial score (nSPS) is 10.8. The highest BCUT2D eigenvalue weighted by Crippen LogP contribution is 2.30. The van der Waals surface area contributed by atoms with E-state index in [0.717, 1.165) is 28.4 Å². The van der Waals surface area contributed by atoms with Crippen molar-refractivity contribution in [3.05, 3.63) is 72.4 Å². The first-order valence-electron chi connectivity index (χ1n) is 8.20. The molecule has 0 aliphatic carbocycles. The number of anilines is 1. The molecule has 0 saturated carbocycles. The van der Waals surface area contributed by atoms with Crippen molar-refractivity contribution in [1.29, 1.82) is 0 Å². The highest BCUT2D eigenvalue weighted by Gasteiger charge is 2.12. The molecular weight excluding hydrogens is 328 g/mol. The van der Waals surface area contributed by atoms with Gasteiger partial charge in [0.05, 0.1) is 11.7 Å². The number of nitrogens with two attached hydrogens (primary N) is 1. The lowest BCUT2D eigenvalue weighted by Gasteiger charge is -2.09. The van der Waals surface area contributed by atoms with Gasteiger partial charge >= 0.3 is 6.03 Å². The third-order valence-corrected chi connectivity index (χ3v) is 4.28. The van der Waals surface area contributed by atoms with E-state index in [4.69, 9.17) is 5.84 Å². The summed E-state index contributed by atoms with van der Waals surface area (Å²) in [6.07, 6.45) is 1.81. The lowest BCUT2D eigenvalue weighted by atomic mass is 10.2. The molecule has 0 atom stereocenters. The van der Waals surface area contributed by atoms with Crippen LogP contribution >= 0.6 is 0 Å². The minimum atomic E-state index is -0.543. The topological polar surface area (TPSA) is 97.0 Å². The van der Waals surface area contributed by atoms with E-state index in [1.54, 1.807) is 0 Å². The predicted molar refractivity (Wildman–Crippen MR) is 102 cm³/mol. The van der Waals surface area contributed by atoms with Crippen molar-refractivity contribution >= 4 is 33.7 Å². The molecule has 0 radical (unpaired) electrons. The van der Waals surface area contributed by atoms with Crippen molar-refractivity contribution in [2.75, 3.05) is 5.43 Å². The van der Waals surface area contributed by atoms with Crippen LogP contribution < -0.4 is 22.1 Å². The van der Waals surface area contributed by atoms with Crippen LogP contribution in [-0.4, -0.2) is 15.6 Å².